The van der Waals surface area contributed by atoms with Crippen molar-refractivity contribution < 1.29 is 14.3 Å². The van der Waals surface area contributed by atoms with Gasteiger partial charge in [0.1, 0.15) is 0 Å². The van der Waals surface area contributed by atoms with E-state index in [1.165, 1.54) is 0 Å². The number of methoxy groups -OCH3 is 1. The number of amides is 1. The van der Waals surface area contributed by atoms with Crippen LogP contribution in [0.25, 0.3) is 0 Å². The van der Waals surface area contributed by atoms with E-state index in [9.17, 15) is 4.79 Å². The summed E-state index contributed by atoms with van der Waals surface area (Å²) in [6.07, 6.45) is 1.45. The van der Waals surface area contributed by atoms with E-state index < -0.39 is 0 Å². The van der Waals surface area contributed by atoms with Gasteiger partial charge in [-0.25, -0.2) is 0 Å². The Morgan fingerprint density at radius 3 is 2.67 bits per heavy atom. The van der Waals surface area contributed by atoms with Crippen LogP contribution in [-0.2, 0) is 11.3 Å². The van der Waals surface area contributed by atoms with E-state index in [4.69, 9.17) is 9.47 Å². The van der Waals surface area contributed by atoms with E-state index in [1.807, 2.05) is 25.1 Å². The minimum Gasteiger partial charge on any atom is -0.493 e. The van der Waals surface area contributed by atoms with Crippen LogP contribution in [-0.4, -0.2) is 19.6 Å². The van der Waals surface area contributed by atoms with Gasteiger partial charge in [-0.1, -0.05) is 19.9 Å². The highest BCUT2D eigenvalue weighted by atomic mass is 16.5. The second-order valence-electron chi connectivity index (χ2n) is 3.96. The van der Waals surface area contributed by atoms with Crippen molar-refractivity contribution in [2.45, 2.75) is 33.2 Å². The first-order valence-corrected chi connectivity index (χ1v) is 6.27. The topological polar surface area (TPSA) is 47.6 Å². The Balaban J connectivity index is 2.68. The molecule has 0 aliphatic carbocycles. The van der Waals surface area contributed by atoms with E-state index in [0.717, 1.165) is 17.7 Å². The van der Waals surface area contributed by atoms with Gasteiger partial charge in [0.2, 0.25) is 5.91 Å². The number of carbonyl (C=O) groups is 1. The fraction of sp³-hybridized carbons (Fsp3) is 0.500. The number of hydrogen-bond acceptors (Lipinski definition) is 3. The SMILES string of the molecule is CCCOc1ccc(CNC(=O)CC)cc1OC. The molecule has 0 aromatic heterocycles. The predicted octanol–water partition coefficient (Wildman–Crippen LogP) is 2.51. The average Bonchev–Trinajstić information content (AvgIpc) is 2.42. The Hall–Kier alpha value is -1.71. The molecule has 0 fully saturated rings. The quantitative estimate of drug-likeness (QED) is 0.810. The van der Waals surface area contributed by atoms with Crippen LogP contribution in [0.3, 0.4) is 0 Å². The molecule has 0 saturated heterocycles. The second kappa shape index (κ2) is 7.58. The maximum Gasteiger partial charge on any atom is 0.219 e. The van der Waals surface area contributed by atoms with Gasteiger partial charge in [0, 0.05) is 13.0 Å². The van der Waals surface area contributed by atoms with E-state index in [2.05, 4.69) is 12.2 Å². The zero-order chi connectivity index (χ0) is 13.4. The van der Waals surface area contributed by atoms with Crippen molar-refractivity contribution in [2.75, 3.05) is 13.7 Å². The Bertz CT molecular complexity index is 391. The third kappa shape index (κ3) is 4.28. The van der Waals surface area contributed by atoms with E-state index >= 15 is 0 Å². The van der Waals surface area contributed by atoms with E-state index in [-0.39, 0.29) is 5.91 Å². The van der Waals surface area contributed by atoms with Gasteiger partial charge in [0.15, 0.2) is 11.5 Å². The lowest BCUT2D eigenvalue weighted by atomic mass is 10.2. The first-order chi connectivity index (χ1) is 8.71. The summed E-state index contributed by atoms with van der Waals surface area (Å²) in [7, 11) is 1.61. The molecule has 4 nitrogen and oxygen atoms in total. The third-order valence-electron chi connectivity index (χ3n) is 2.50. The normalized spacial score (nSPS) is 9.94. The number of carbonyl (C=O) groups excluding carboxylic acids is 1. The lowest BCUT2D eigenvalue weighted by molar-refractivity contribution is -0.120. The summed E-state index contributed by atoms with van der Waals surface area (Å²) >= 11 is 0. The first-order valence-electron chi connectivity index (χ1n) is 6.27. The van der Waals surface area contributed by atoms with Gasteiger partial charge in [0.05, 0.1) is 13.7 Å². The highest BCUT2D eigenvalue weighted by Crippen LogP contribution is 2.28. The molecule has 0 heterocycles. The molecule has 1 aromatic rings. The molecule has 1 rings (SSSR count). The van der Waals surface area contributed by atoms with Crippen molar-refractivity contribution in [1.82, 2.24) is 5.32 Å². The van der Waals surface area contributed by atoms with Gasteiger partial charge in [-0.05, 0) is 24.1 Å². The Morgan fingerprint density at radius 2 is 2.06 bits per heavy atom. The van der Waals surface area contributed by atoms with Crippen LogP contribution in [0.1, 0.15) is 32.3 Å². The van der Waals surface area contributed by atoms with Gasteiger partial charge in [-0.3, -0.25) is 4.79 Å². The predicted molar refractivity (Wildman–Crippen MR) is 70.9 cm³/mol. The smallest absolute Gasteiger partial charge is 0.219 e. The Morgan fingerprint density at radius 1 is 1.28 bits per heavy atom. The lowest BCUT2D eigenvalue weighted by Gasteiger charge is -2.12. The lowest BCUT2D eigenvalue weighted by Crippen LogP contribution is -2.21. The monoisotopic (exact) mass is 251 g/mol. The summed E-state index contributed by atoms with van der Waals surface area (Å²) in [5, 5.41) is 2.83. The Labute approximate surface area is 108 Å². The molecule has 1 N–H and O–H groups in total. The Kier molecular flexibility index (Phi) is 6.05. The van der Waals surface area contributed by atoms with Crippen LogP contribution in [0.5, 0.6) is 11.5 Å². The molecule has 0 radical (unpaired) electrons. The summed E-state index contributed by atoms with van der Waals surface area (Å²) in [6, 6.07) is 5.70. The molecule has 100 valence electrons. The van der Waals surface area contributed by atoms with Crippen LogP contribution < -0.4 is 14.8 Å². The molecule has 18 heavy (non-hydrogen) atoms. The molecular weight excluding hydrogens is 230 g/mol. The third-order valence-corrected chi connectivity index (χ3v) is 2.50. The number of benzene rings is 1. The van der Waals surface area contributed by atoms with E-state index in [0.29, 0.717) is 25.3 Å². The number of nitrogens with one attached hydrogen (secondary N) is 1. The number of hydrogen-bond donors (Lipinski definition) is 1. The minimum absolute atomic E-state index is 0.0419. The van der Waals surface area contributed by atoms with Crippen LogP contribution in [0.15, 0.2) is 18.2 Å². The fourth-order valence-corrected chi connectivity index (χ4v) is 1.48. The summed E-state index contributed by atoms with van der Waals surface area (Å²) in [6.45, 7) is 5.07. The summed E-state index contributed by atoms with van der Waals surface area (Å²) in [5.74, 6) is 1.48. The molecule has 4 heteroatoms. The standard InChI is InChI=1S/C14H21NO3/c1-4-8-18-12-7-6-11(9-13(12)17-3)10-15-14(16)5-2/h6-7,9H,4-5,8,10H2,1-3H3,(H,15,16). The van der Waals surface area contributed by atoms with E-state index in [1.54, 1.807) is 7.11 Å². The molecule has 0 spiro atoms. The van der Waals surface area contributed by atoms with Crippen LogP contribution in [0.2, 0.25) is 0 Å². The van der Waals surface area contributed by atoms with Gasteiger partial charge < -0.3 is 14.8 Å². The highest BCUT2D eigenvalue weighted by molar-refractivity contribution is 5.75. The fourth-order valence-electron chi connectivity index (χ4n) is 1.48. The van der Waals surface area contributed by atoms with Crippen molar-refractivity contribution in [2.24, 2.45) is 0 Å². The zero-order valence-electron chi connectivity index (χ0n) is 11.3. The van der Waals surface area contributed by atoms with Crippen LogP contribution >= 0.6 is 0 Å². The largest absolute Gasteiger partial charge is 0.493 e. The maximum atomic E-state index is 11.2. The van der Waals surface area contributed by atoms with Crippen molar-refractivity contribution in [3.63, 3.8) is 0 Å². The van der Waals surface area contributed by atoms with Crippen LogP contribution in [0.4, 0.5) is 0 Å². The van der Waals surface area contributed by atoms with Gasteiger partial charge in [-0.15, -0.1) is 0 Å². The molecule has 0 unspecified atom stereocenters. The molecule has 0 aliphatic rings. The molecule has 0 bridgehead atoms. The van der Waals surface area contributed by atoms with Crippen molar-refractivity contribution in [1.29, 1.82) is 0 Å². The maximum absolute atomic E-state index is 11.2. The molecule has 1 amide bonds. The van der Waals surface area contributed by atoms with Gasteiger partial charge in [0.25, 0.3) is 0 Å². The first kappa shape index (κ1) is 14.4. The average molecular weight is 251 g/mol. The summed E-state index contributed by atoms with van der Waals surface area (Å²) in [4.78, 5) is 11.2. The second-order valence-corrected chi connectivity index (χ2v) is 3.96. The molecule has 0 atom stereocenters. The van der Waals surface area contributed by atoms with Gasteiger partial charge >= 0.3 is 0 Å². The highest BCUT2D eigenvalue weighted by Gasteiger charge is 2.06. The number of rotatable bonds is 7. The van der Waals surface area contributed by atoms with Crippen molar-refractivity contribution in [3.05, 3.63) is 23.8 Å². The zero-order valence-corrected chi connectivity index (χ0v) is 11.3. The van der Waals surface area contributed by atoms with Crippen molar-refractivity contribution in [3.8, 4) is 11.5 Å². The molecule has 1 aromatic carbocycles. The minimum atomic E-state index is 0.0419. The molecule has 0 saturated carbocycles. The number of ether oxygens (including phenoxy) is 2. The molecular formula is C14H21NO3. The van der Waals surface area contributed by atoms with Crippen LogP contribution in [0, 0.1) is 0 Å². The summed E-state index contributed by atoms with van der Waals surface area (Å²) in [5.41, 5.74) is 0.998. The van der Waals surface area contributed by atoms with Crippen molar-refractivity contribution >= 4 is 5.91 Å². The van der Waals surface area contributed by atoms with Gasteiger partial charge in [-0.2, -0.15) is 0 Å². The summed E-state index contributed by atoms with van der Waals surface area (Å²) < 4.78 is 10.8. The molecule has 0 aliphatic heterocycles.